The molecule has 1 atom stereocenters. The first-order valence-electron chi connectivity index (χ1n) is 7.88. The van der Waals surface area contributed by atoms with Crippen molar-refractivity contribution in [3.05, 3.63) is 34.1 Å². The van der Waals surface area contributed by atoms with Crippen LogP contribution in [0.15, 0.2) is 18.2 Å². The van der Waals surface area contributed by atoms with E-state index in [4.69, 9.17) is 4.43 Å². The SMILES string of the molecule is CC(C)(C)[Si](C)(C)OC1CCN(c2ccc([N+](=O)[O-])cc2F)C1. The fourth-order valence-corrected chi connectivity index (χ4v) is 3.88. The molecule has 0 spiro atoms. The summed E-state index contributed by atoms with van der Waals surface area (Å²) in [6, 6.07) is 3.82. The molecule has 1 aliphatic heterocycles. The number of halogens is 1. The highest BCUT2D eigenvalue weighted by Gasteiger charge is 2.40. The Bertz CT molecular complexity index is 601. The van der Waals surface area contributed by atoms with Crippen molar-refractivity contribution in [2.45, 2.75) is 51.4 Å². The van der Waals surface area contributed by atoms with E-state index >= 15 is 0 Å². The van der Waals surface area contributed by atoms with Gasteiger partial charge in [0.2, 0.25) is 0 Å². The van der Waals surface area contributed by atoms with Gasteiger partial charge in [-0.2, -0.15) is 0 Å². The molecule has 128 valence electrons. The summed E-state index contributed by atoms with van der Waals surface area (Å²) in [5.74, 6) is -0.549. The maximum absolute atomic E-state index is 14.1. The second-order valence-electron chi connectivity index (χ2n) is 7.63. The number of nitro groups is 1. The van der Waals surface area contributed by atoms with Crippen molar-refractivity contribution in [2.24, 2.45) is 0 Å². The number of anilines is 1. The van der Waals surface area contributed by atoms with Gasteiger partial charge in [0.05, 0.1) is 22.8 Å². The van der Waals surface area contributed by atoms with Crippen LogP contribution in [0.25, 0.3) is 0 Å². The zero-order chi connectivity index (χ0) is 17.4. The Hall–Kier alpha value is -1.47. The van der Waals surface area contributed by atoms with Crippen LogP contribution >= 0.6 is 0 Å². The van der Waals surface area contributed by atoms with Crippen molar-refractivity contribution in [1.82, 2.24) is 0 Å². The highest BCUT2D eigenvalue weighted by atomic mass is 28.4. The van der Waals surface area contributed by atoms with Crippen LogP contribution in [0, 0.1) is 15.9 Å². The molecule has 0 amide bonds. The van der Waals surface area contributed by atoms with Gasteiger partial charge >= 0.3 is 0 Å². The van der Waals surface area contributed by atoms with Crippen LogP contribution in [0.5, 0.6) is 0 Å². The summed E-state index contributed by atoms with van der Waals surface area (Å²) in [5.41, 5.74) is 0.191. The van der Waals surface area contributed by atoms with Crippen molar-refractivity contribution in [3.63, 3.8) is 0 Å². The molecule has 0 aromatic heterocycles. The van der Waals surface area contributed by atoms with Gasteiger partial charge in [0.25, 0.3) is 5.69 Å². The molecule has 0 saturated carbocycles. The van der Waals surface area contributed by atoms with E-state index in [1.54, 1.807) is 0 Å². The third-order valence-corrected chi connectivity index (χ3v) is 9.43. The summed E-state index contributed by atoms with van der Waals surface area (Å²) in [6.07, 6.45) is 0.939. The van der Waals surface area contributed by atoms with E-state index in [1.165, 1.54) is 12.1 Å². The molecule has 1 aromatic rings. The molecule has 1 unspecified atom stereocenters. The summed E-state index contributed by atoms with van der Waals surface area (Å²) in [5, 5.41) is 10.8. The summed E-state index contributed by atoms with van der Waals surface area (Å²) in [4.78, 5) is 12.0. The lowest BCUT2D eigenvalue weighted by molar-refractivity contribution is -0.385. The molecule has 2 rings (SSSR count). The van der Waals surface area contributed by atoms with Gasteiger partial charge in [0, 0.05) is 19.2 Å². The zero-order valence-electron chi connectivity index (χ0n) is 14.4. The minimum atomic E-state index is -1.85. The predicted molar refractivity (Wildman–Crippen MR) is 92.0 cm³/mol. The van der Waals surface area contributed by atoms with Crippen LogP contribution in [-0.2, 0) is 4.43 Å². The second-order valence-corrected chi connectivity index (χ2v) is 12.4. The van der Waals surface area contributed by atoms with Gasteiger partial charge in [-0.3, -0.25) is 10.1 Å². The van der Waals surface area contributed by atoms with Crippen LogP contribution in [-0.4, -0.2) is 32.4 Å². The summed E-state index contributed by atoms with van der Waals surface area (Å²) in [6.45, 7) is 12.3. The normalized spacial score (nSPS) is 19.2. The first-order valence-corrected chi connectivity index (χ1v) is 10.8. The van der Waals surface area contributed by atoms with Crippen molar-refractivity contribution in [1.29, 1.82) is 0 Å². The van der Waals surface area contributed by atoms with Gasteiger partial charge in [0.1, 0.15) is 0 Å². The van der Waals surface area contributed by atoms with E-state index in [0.29, 0.717) is 18.8 Å². The molecule has 0 bridgehead atoms. The minimum absolute atomic E-state index is 0.0884. The van der Waals surface area contributed by atoms with Gasteiger partial charge in [-0.1, -0.05) is 20.8 Å². The topological polar surface area (TPSA) is 55.6 Å². The minimum Gasteiger partial charge on any atom is -0.412 e. The van der Waals surface area contributed by atoms with E-state index in [0.717, 1.165) is 12.5 Å². The van der Waals surface area contributed by atoms with Crippen LogP contribution in [0.3, 0.4) is 0 Å². The molecule has 1 heterocycles. The van der Waals surface area contributed by atoms with Gasteiger partial charge in [0.15, 0.2) is 14.1 Å². The van der Waals surface area contributed by atoms with E-state index < -0.39 is 19.1 Å². The van der Waals surface area contributed by atoms with Gasteiger partial charge in [-0.15, -0.1) is 0 Å². The smallest absolute Gasteiger partial charge is 0.272 e. The fourth-order valence-electron chi connectivity index (χ4n) is 2.50. The number of hydrogen-bond donors (Lipinski definition) is 0. The Labute approximate surface area is 137 Å². The molecule has 1 aromatic carbocycles. The Kier molecular flexibility index (Phi) is 4.82. The van der Waals surface area contributed by atoms with Gasteiger partial charge in [-0.25, -0.2) is 4.39 Å². The highest BCUT2D eigenvalue weighted by molar-refractivity contribution is 6.74. The number of hydrogen-bond acceptors (Lipinski definition) is 4. The first-order chi connectivity index (χ1) is 10.5. The average Bonchev–Trinajstić information content (AvgIpc) is 2.84. The lowest BCUT2D eigenvalue weighted by Crippen LogP contribution is -2.44. The molecule has 0 N–H and O–H groups in total. The molecule has 7 heteroatoms. The third-order valence-electron chi connectivity index (χ3n) is 4.90. The number of non-ortho nitro benzene ring substituents is 1. The number of rotatable bonds is 4. The lowest BCUT2D eigenvalue weighted by atomic mass is 10.2. The Morgan fingerprint density at radius 1 is 1.39 bits per heavy atom. The molecule has 0 aliphatic carbocycles. The standard InChI is InChI=1S/C16H25FN2O3Si/c1-16(2,3)23(4,5)22-13-8-9-18(11-13)15-7-6-12(19(20)21)10-14(15)17/h6-7,10,13H,8-9,11H2,1-5H3. The van der Waals surface area contributed by atoms with Crippen LogP contribution in [0.4, 0.5) is 15.8 Å². The maximum Gasteiger partial charge on any atom is 0.272 e. The number of nitro benzene ring substituents is 1. The molecule has 1 aliphatic rings. The van der Waals surface area contributed by atoms with Gasteiger partial charge < -0.3 is 9.33 Å². The molecule has 23 heavy (non-hydrogen) atoms. The van der Waals surface area contributed by atoms with E-state index in [9.17, 15) is 14.5 Å². The lowest BCUT2D eigenvalue weighted by Gasteiger charge is -2.38. The van der Waals surface area contributed by atoms with E-state index in [1.807, 2.05) is 4.90 Å². The molecule has 0 radical (unpaired) electrons. The predicted octanol–water partition coefficient (Wildman–Crippen LogP) is 4.33. The van der Waals surface area contributed by atoms with Crippen molar-refractivity contribution >= 4 is 19.7 Å². The average molecular weight is 340 g/mol. The summed E-state index contributed by atoms with van der Waals surface area (Å²) in [7, 11) is -1.85. The summed E-state index contributed by atoms with van der Waals surface area (Å²) >= 11 is 0. The van der Waals surface area contributed by atoms with E-state index in [2.05, 4.69) is 33.9 Å². The fraction of sp³-hybridized carbons (Fsp3) is 0.625. The Morgan fingerprint density at radius 2 is 2.04 bits per heavy atom. The van der Waals surface area contributed by atoms with E-state index in [-0.39, 0.29) is 16.8 Å². The molecular weight excluding hydrogens is 315 g/mol. The zero-order valence-corrected chi connectivity index (χ0v) is 15.4. The second kappa shape index (κ2) is 6.20. The first kappa shape index (κ1) is 17.9. The molecular formula is C16H25FN2O3Si. The van der Waals surface area contributed by atoms with Crippen molar-refractivity contribution in [2.75, 3.05) is 18.0 Å². The maximum atomic E-state index is 14.1. The summed E-state index contributed by atoms with van der Waals surface area (Å²) < 4.78 is 20.5. The van der Waals surface area contributed by atoms with Crippen LogP contribution < -0.4 is 4.90 Å². The van der Waals surface area contributed by atoms with Crippen molar-refractivity contribution in [3.8, 4) is 0 Å². The number of nitrogens with zero attached hydrogens (tertiary/aromatic N) is 2. The Morgan fingerprint density at radius 3 is 2.57 bits per heavy atom. The largest absolute Gasteiger partial charge is 0.412 e. The molecule has 1 saturated heterocycles. The Balaban J connectivity index is 2.07. The highest BCUT2D eigenvalue weighted by Crippen LogP contribution is 2.38. The molecule has 5 nitrogen and oxygen atoms in total. The van der Waals surface area contributed by atoms with Crippen molar-refractivity contribution < 1.29 is 13.7 Å². The molecule has 1 fully saturated rings. The monoisotopic (exact) mass is 340 g/mol. The quantitative estimate of drug-likeness (QED) is 0.465. The van der Waals surface area contributed by atoms with Gasteiger partial charge in [-0.05, 0) is 30.6 Å². The van der Waals surface area contributed by atoms with Crippen LogP contribution in [0.1, 0.15) is 27.2 Å². The third kappa shape index (κ3) is 3.90. The number of benzene rings is 1. The van der Waals surface area contributed by atoms with Crippen LogP contribution in [0.2, 0.25) is 18.1 Å².